The van der Waals surface area contributed by atoms with Crippen molar-refractivity contribution in [1.82, 2.24) is 9.21 Å². The van der Waals surface area contributed by atoms with Crippen molar-refractivity contribution in [2.75, 3.05) is 25.5 Å². The van der Waals surface area contributed by atoms with Crippen LogP contribution in [0.4, 0.5) is 10.5 Å². The fourth-order valence-corrected chi connectivity index (χ4v) is 5.56. The number of nitrogens with zero attached hydrogens (tertiary/aromatic N) is 2. The lowest BCUT2D eigenvalue weighted by atomic mass is 10.1. The zero-order valence-corrected chi connectivity index (χ0v) is 19.5. The second-order valence-corrected chi connectivity index (χ2v) is 9.81. The number of ether oxygens (including phenoxy) is 1. The molecular weight excluding hydrogens is 438 g/mol. The van der Waals surface area contributed by atoms with Gasteiger partial charge in [-0.3, -0.25) is 0 Å². The van der Waals surface area contributed by atoms with Gasteiger partial charge in [0.1, 0.15) is 11.9 Å². The number of sulfonamides is 1. The average Bonchev–Trinajstić information content (AvgIpc) is 2.84. The highest BCUT2D eigenvalue weighted by Gasteiger charge is 2.41. The number of carbonyl (C=O) groups excluding carboxylic acids is 1. The van der Waals surface area contributed by atoms with Gasteiger partial charge in [0.2, 0.25) is 10.0 Å². The number of amides is 2. The molecule has 3 aromatic rings. The molecule has 8 heteroatoms. The van der Waals surface area contributed by atoms with Gasteiger partial charge >= 0.3 is 6.03 Å². The van der Waals surface area contributed by atoms with Crippen LogP contribution >= 0.6 is 0 Å². The number of methoxy groups -OCH3 is 1. The molecule has 0 radical (unpaired) electrons. The molecular formula is C25H27N3O4S. The third-order valence-electron chi connectivity index (χ3n) is 5.67. The lowest BCUT2D eigenvalue weighted by Gasteiger charge is -2.43. The van der Waals surface area contributed by atoms with E-state index in [1.165, 1.54) is 4.31 Å². The van der Waals surface area contributed by atoms with E-state index in [0.717, 1.165) is 5.56 Å². The Morgan fingerprint density at radius 2 is 1.61 bits per heavy atom. The highest BCUT2D eigenvalue weighted by atomic mass is 32.2. The van der Waals surface area contributed by atoms with E-state index >= 15 is 0 Å². The van der Waals surface area contributed by atoms with E-state index in [-0.39, 0.29) is 10.9 Å². The highest BCUT2D eigenvalue weighted by molar-refractivity contribution is 7.89. The molecule has 1 heterocycles. The third-order valence-corrected chi connectivity index (χ3v) is 7.54. The van der Waals surface area contributed by atoms with Gasteiger partial charge in [0.05, 0.1) is 12.0 Å². The molecule has 0 spiro atoms. The molecule has 3 aromatic carbocycles. The number of para-hydroxylation sites is 1. The van der Waals surface area contributed by atoms with Crippen LogP contribution in [0.15, 0.2) is 83.8 Å². The molecule has 1 atom stereocenters. The van der Waals surface area contributed by atoms with Gasteiger partial charge in [0.25, 0.3) is 0 Å². The van der Waals surface area contributed by atoms with Crippen LogP contribution < -0.4 is 10.1 Å². The molecule has 1 aliphatic heterocycles. The molecule has 7 nitrogen and oxygen atoms in total. The molecule has 0 aromatic heterocycles. The first-order chi connectivity index (χ1) is 15.9. The van der Waals surface area contributed by atoms with Crippen LogP contribution in [0.25, 0.3) is 0 Å². The minimum Gasteiger partial charge on any atom is -0.497 e. The topological polar surface area (TPSA) is 79.0 Å². The summed E-state index contributed by atoms with van der Waals surface area (Å²) < 4.78 is 34.0. The fraction of sp³-hybridized carbons (Fsp3) is 0.240. The van der Waals surface area contributed by atoms with E-state index in [1.54, 1.807) is 72.7 Å². The van der Waals surface area contributed by atoms with Crippen LogP contribution in [0.1, 0.15) is 23.7 Å². The van der Waals surface area contributed by atoms with Crippen LogP contribution in [-0.2, 0) is 10.0 Å². The van der Waals surface area contributed by atoms with Gasteiger partial charge in [-0.05, 0) is 55.3 Å². The molecule has 0 saturated carbocycles. The second-order valence-electron chi connectivity index (χ2n) is 7.92. The van der Waals surface area contributed by atoms with Gasteiger partial charge in [-0.25, -0.2) is 13.2 Å². The molecule has 1 aliphatic rings. The van der Waals surface area contributed by atoms with Crippen molar-refractivity contribution in [3.05, 3.63) is 90.0 Å². The molecule has 33 heavy (non-hydrogen) atoms. The molecule has 1 saturated heterocycles. The minimum atomic E-state index is -3.85. The van der Waals surface area contributed by atoms with Gasteiger partial charge in [0, 0.05) is 18.8 Å². The van der Waals surface area contributed by atoms with Crippen molar-refractivity contribution < 1.29 is 17.9 Å². The Bertz CT molecular complexity index is 1200. The number of carbonyl (C=O) groups is 1. The highest BCUT2D eigenvalue weighted by Crippen LogP contribution is 2.35. The lowest BCUT2D eigenvalue weighted by molar-refractivity contribution is 0.0924. The van der Waals surface area contributed by atoms with Crippen molar-refractivity contribution in [2.24, 2.45) is 0 Å². The summed E-state index contributed by atoms with van der Waals surface area (Å²) in [6.07, 6.45) is -0.264. The van der Waals surface area contributed by atoms with E-state index in [0.29, 0.717) is 36.5 Å². The van der Waals surface area contributed by atoms with Crippen molar-refractivity contribution in [1.29, 1.82) is 0 Å². The maximum absolute atomic E-state index is 13.7. The molecule has 1 N–H and O–H groups in total. The number of urea groups is 1. The SMILES string of the molecule is COc1ccc(C2N(C(=O)Nc3ccccc3)CCCN2S(=O)(=O)c2ccc(C)cc2)cc1. The lowest BCUT2D eigenvalue weighted by Crippen LogP contribution is -2.53. The van der Waals surface area contributed by atoms with Crippen molar-refractivity contribution in [3.8, 4) is 5.75 Å². The first-order valence-corrected chi connectivity index (χ1v) is 12.2. The van der Waals surface area contributed by atoms with Gasteiger partial charge < -0.3 is 15.0 Å². The van der Waals surface area contributed by atoms with Crippen molar-refractivity contribution in [3.63, 3.8) is 0 Å². The van der Waals surface area contributed by atoms with Crippen molar-refractivity contribution in [2.45, 2.75) is 24.4 Å². The number of hydrogen-bond donors (Lipinski definition) is 1. The zero-order valence-electron chi connectivity index (χ0n) is 18.6. The van der Waals surface area contributed by atoms with E-state index in [2.05, 4.69) is 5.32 Å². The summed E-state index contributed by atoms with van der Waals surface area (Å²) in [4.78, 5) is 15.1. The standard InChI is InChI=1S/C25H27N3O4S/c1-19-9-15-23(16-10-19)33(30,31)28-18-6-17-27(25(29)26-21-7-4-3-5-8-21)24(28)20-11-13-22(32-2)14-12-20/h3-5,7-16,24H,6,17-18H2,1-2H3,(H,26,29). The van der Waals surface area contributed by atoms with E-state index in [4.69, 9.17) is 4.74 Å². The predicted octanol–water partition coefficient (Wildman–Crippen LogP) is 4.63. The maximum atomic E-state index is 13.7. The summed E-state index contributed by atoms with van der Waals surface area (Å²) in [6.45, 7) is 2.64. The van der Waals surface area contributed by atoms with Gasteiger partial charge in [-0.1, -0.05) is 48.0 Å². The first-order valence-electron chi connectivity index (χ1n) is 10.8. The zero-order chi connectivity index (χ0) is 23.4. The number of nitrogens with one attached hydrogen (secondary N) is 1. The summed E-state index contributed by atoms with van der Waals surface area (Å²) in [6, 6.07) is 22.7. The Morgan fingerprint density at radius 1 is 0.939 bits per heavy atom. The Labute approximate surface area is 194 Å². The minimum absolute atomic E-state index is 0.205. The molecule has 1 fully saturated rings. The number of anilines is 1. The maximum Gasteiger partial charge on any atom is 0.323 e. The molecule has 172 valence electrons. The third kappa shape index (κ3) is 4.86. The Kier molecular flexibility index (Phi) is 6.67. The summed E-state index contributed by atoms with van der Waals surface area (Å²) in [5.41, 5.74) is 2.31. The van der Waals surface area contributed by atoms with Crippen LogP contribution in [0, 0.1) is 6.92 Å². The Hall–Kier alpha value is -3.36. The Balaban J connectivity index is 1.74. The summed E-state index contributed by atoms with van der Waals surface area (Å²) in [7, 11) is -2.28. The summed E-state index contributed by atoms with van der Waals surface area (Å²) >= 11 is 0. The molecule has 4 rings (SSSR count). The van der Waals surface area contributed by atoms with Gasteiger partial charge in [0.15, 0.2) is 0 Å². The molecule has 1 unspecified atom stereocenters. The summed E-state index contributed by atoms with van der Waals surface area (Å²) in [5.74, 6) is 0.655. The largest absolute Gasteiger partial charge is 0.497 e. The number of rotatable bonds is 5. The van der Waals surface area contributed by atoms with E-state index < -0.39 is 16.2 Å². The van der Waals surface area contributed by atoms with Gasteiger partial charge in [-0.2, -0.15) is 4.31 Å². The number of hydrogen-bond acceptors (Lipinski definition) is 4. The van der Waals surface area contributed by atoms with E-state index in [9.17, 15) is 13.2 Å². The number of benzene rings is 3. The van der Waals surface area contributed by atoms with Crippen molar-refractivity contribution >= 4 is 21.7 Å². The first kappa shape index (κ1) is 22.8. The van der Waals surface area contributed by atoms with Gasteiger partial charge in [-0.15, -0.1) is 0 Å². The van der Waals surface area contributed by atoms with Crippen LogP contribution in [0.2, 0.25) is 0 Å². The Morgan fingerprint density at radius 3 is 2.24 bits per heavy atom. The number of aryl methyl sites for hydroxylation is 1. The normalized spacial score (nSPS) is 16.9. The average molecular weight is 466 g/mol. The van der Waals surface area contributed by atoms with Crippen LogP contribution in [0.5, 0.6) is 5.75 Å². The van der Waals surface area contributed by atoms with Crippen LogP contribution in [0.3, 0.4) is 0 Å². The smallest absolute Gasteiger partial charge is 0.323 e. The molecule has 2 amide bonds. The van der Waals surface area contributed by atoms with Crippen LogP contribution in [-0.4, -0.2) is 43.9 Å². The second kappa shape index (κ2) is 9.64. The monoisotopic (exact) mass is 465 g/mol. The molecule has 0 aliphatic carbocycles. The van der Waals surface area contributed by atoms with E-state index in [1.807, 2.05) is 25.1 Å². The summed E-state index contributed by atoms with van der Waals surface area (Å²) in [5, 5.41) is 2.89. The quantitative estimate of drug-likeness (QED) is 0.596. The fourth-order valence-electron chi connectivity index (χ4n) is 3.95. The molecule has 0 bridgehead atoms. The predicted molar refractivity (Wildman–Crippen MR) is 128 cm³/mol.